The van der Waals surface area contributed by atoms with E-state index < -0.39 is 11.7 Å². The van der Waals surface area contributed by atoms with Gasteiger partial charge in [-0.05, 0) is 31.2 Å². The van der Waals surface area contributed by atoms with Gasteiger partial charge in [0.15, 0.2) is 0 Å². The van der Waals surface area contributed by atoms with Crippen LogP contribution in [0.25, 0.3) is 0 Å². The van der Waals surface area contributed by atoms with E-state index in [2.05, 4.69) is 18.7 Å². The predicted molar refractivity (Wildman–Crippen MR) is 79.9 cm³/mol. The molecule has 0 spiro atoms. The SMILES string of the molecule is CCN1CCN(c2ccc(CCl)cc2C(F)(F)F)CC1C. The number of rotatable bonds is 3. The number of alkyl halides is 4. The average molecular weight is 321 g/mol. The molecule has 0 radical (unpaired) electrons. The van der Waals surface area contributed by atoms with E-state index in [1.54, 1.807) is 12.1 Å². The zero-order chi connectivity index (χ0) is 15.6. The van der Waals surface area contributed by atoms with Crippen LogP contribution < -0.4 is 4.90 Å². The van der Waals surface area contributed by atoms with E-state index in [1.807, 2.05) is 4.90 Å². The van der Waals surface area contributed by atoms with E-state index in [9.17, 15) is 13.2 Å². The first kappa shape index (κ1) is 16.4. The molecule has 1 aromatic carbocycles. The highest BCUT2D eigenvalue weighted by atomic mass is 35.5. The molecule has 0 aliphatic carbocycles. The Morgan fingerprint density at radius 2 is 2.00 bits per heavy atom. The fraction of sp³-hybridized carbons (Fsp3) is 0.600. The standard InChI is InChI=1S/C15H20ClF3N2/c1-3-20-6-7-21(10-11(20)2)14-5-4-12(9-16)8-13(14)15(17,18)19/h4-5,8,11H,3,6-7,9-10H2,1-2H3. The van der Waals surface area contributed by atoms with Gasteiger partial charge in [-0.15, -0.1) is 11.6 Å². The lowest BCUT2D eigenvalue weighted by molar-refractivity contribution is -0.137. The molecule has 0 aromatic heterocycles. The van der Waals surface area contributed by atoms with Crippen molar-refractivity contribution in [2.45, 2.75) is 31.9 Å². The fourth-order valence-corrected chi connectivity index (χ4v) is 3.02. The van der Waals surface area contributed by atoms with Gasteiger partial charge in [-0.2, -0.15) is 13.2 Å². The van der Waals surface area contributed by atoms with Crippen molar-refractivity contribution in [2.75, 3.05) is 31.1 Å². The normalized spacial score (nSPS) is 20.9. The van der Waals surface area contributed by atoms with Crippen LogP contribution in [0.4, 0.5) is 18.9 Å². The Hall–Kier alpha value is -0.940. The topological polar surface area (TPSA) is 6.48 Å². The molecule has 0 saturated carbocycles. The summed E-state index contributed by atoms with van der Waals surface area (Å²) < 4.78 is 39.8. The number of likely N-dealkylation sites (N-methyl/N-ethyl adjacent to an activating group) is 1. The number of anilines is 1. The Kier molecular flexibility index (Phi) is 5.04. The van der Waals surface area contributed by atoms with Crippen LogP contribution in [0, 0.1) is 0 Å². The lowest BCUT2D eigenvalue weighted by atomic mass is 10.1. The second-order valence-corrected chi connectivity index (χ2v) is 5.67. The second-order valence-electron chi connectivity index (χ2n) is 5.41. The Morgan fingerprint density at radius 1 is 1.29 bits per heavy atom. The van der Waals surface area contributed by atoms with Gasteiger partial charge in [0.25, 0.3) is 0 Å². The fourth-order valence-electron chi connectivity index (χ4n) is 2.85. The summed E-state index contributed by atoms with van der Waals surface area (Å²) in [5.41, 5.74) is 0.171. The van der Waals surface area contributed by atoms with E-state index >= 15 is 0 Å². The average Bonchev–Trinajstić information content (AvgIpc) is 2.45. The van der Waals surface area contributed by atoms with Gasteiger partial charge in [-0.1, -0.05) is 13.0 Å². The zero-order valence-corrected chi connectivity index (χ0v) is 13.0. The molecule has 1 atom stereocenters. The van der Waals surface area contributed by atoms with Crippen molar-refractivity contribution in [3.63, 3.8) is 0 Å². The van der Waals surface area contributed by atoms with Crippen LogP contribution >= 0.6 is 11.6 Å². The molecular weight excluding hydrogens is 301 g/mol. The highest BCUT2D eigenvalue weighted by Crippen LogP contribution is 2.38. The molecule has 2 nitrogen and oxygen atoms in total. The summed E-state index contributed by atoms with van der Waals surface area (Å²) in [7, 11) is 0. The van der Waals surface area contributed by atoms with Crippen LogP contribution in [0.3, 0.4) is 0 Å². The molecule has 1 aliphatic rings. The number of hydrogen-bond donors (Lipinski definition) is 0. The minimum Gasteiger partial charge on any atom is -0.368 e. The first-order valence-corrected chi connectivity index (χ1v) is 7.65. The van der Waals surface area contributed by atoms with Crippen molar-refractivity contribution in [3.8, 4) is 0 Å². The summed E-state index contributed by atoms with van der Waals surface area (Å²) in [6.07, 6.45) is -4.36. The van der Waals surface area contributed by atoms with E-state index in [0.717, 1.165) is 13.1 Å². The lowest BCUT2D eigenvalue weighted by Crippen LogP contribution is -2.52. The number of halogens is 4. The molecule has 1 heterocycles. The van der Waals surface area contributed by atoms with Gasteiger partial charge in [0.05, 0.1) is 5.56 Å². The Labute approximate surface area is 128 Å². The van der Waals surface area contributed by atoms with Crippen molar-refractivity contribution in [3.05, 3.63) is 29.3 Å². The lowest BCUT2D eigenvalue weighted by Gasteiger charge is -2.41. The van der Waals surface area contributed by atoms with Crippen molar-refractivity contribution in [1.82, 2.24) is 4.90 Å². The monoisotopic (exact) mass is 320 g/mol. The Morgan fingerprint density at radius 3 is 2.52 bits per heavy atom. The van der Waals surface area contributed by atoms with Crippen LogP contribution in [0.15, 0.2) is 18.2 Å². The van der Waals surface area contributed by atoms with E-state index in [4.69, 9.17) is 11.6 Å². The molecule has 0 N–H and O–H groups in total. The largest absolute Gasteiger partial charge is 0.418 e. The second kappa shape index (κ2) is 6.44. The molecule has 0 amide bonds. The third-order valence-corrected chi connectivity index (χ3v) is 4.34. The van der Waals surface area contributed by atoms with Crippen molar-refractivity contribution >= 4 is 17.3 Å². The number of nitrogens with zero attached hydrogens (tertiary/aromatic N) is 2. The highest BCUT2D eigenvalue weighted by molar-refractivity contribution is 6.17. The number of benzene rings is 1. The van der Waals surface area contributed by atoms with Gasteiger partial charge in [-0.25, -0.2) is 0 Å². The Bertz CT molecular complexity index is 490. The predicted octanol–water partition coefficient (Wildman–Crippen LogP) is 3.97. The molecule has 118 valence electrons. The molecule has 1 unspecified atom stereocenters. The van der Waals surface area contributed by atoms with Gasteiger partial charge >= 0.3 is 6.18 Å². The van der Waals surface area contributed by atoms with Crippen LogP contribution in [-0.4, -0.2) is 37.1 Å². The van der Waals surface area contributed by atoms with Crippen molar-refractivity contribution in [1.29, 1.82) is 0 Å². The van der Waals surface area contributed by atoms with E-state index in [1.165, 1.54) is 6.07 Å². The molecule has 1 fully saturated rings. The summed E-state index contributed by atoms with van der Waals surface area (Å²) in [5.74, 6) is 0.0867. The smallest absolute Gasteiger partial charge is 0.368 e. The third kappa shape index (κ3) is 3.64. The molecule has 21 heavy (non-hydrogen) atoms. The molecule has 1 saturated heterocycles. The molecule has 6 heteroatoms. The van der Waals surface area contributed by atoms with Crippen molar-refractivity contribution < 1.29 is 13.2 Å². The number of piperazine rings is 1. The highest BCUT2D eigenvalue weighted by Gasteiger charge is 2.36. The first-order valence-electron chi connectivity index (χ1n) is 7.12. The number of hydrogen-bond acceptors (Lipinski definition) is 2. The van der Waals surface area contributed by atoms with Crippen LogP contribution in [-0.2, 0) is 12.1 Å². The zero-order valence-electron chi connectivity index (χ0n) is 12.3. The maximum absolute atomic E-state index is 13.3. The summed E-state index contributed by atoms with van der Waals surface area (Å²) in [4.78, 5) is 4.11. The Balaban J connectivity index is 2.31. The van der Waals surface area contributed by atoms with Crippen LogP contribution in [0.5, 0.6) is 0 Å². The summed E-state index contributed by atoms with van der Waals surface area (Å²) in [6, 6.07) is 4.64. The van der Waals surface area contributed by atoms with Crippen molar-refractivity contribution in [2.24, 2.45) is 0 Å². The molecule has 2 rings (SSSR count). The van der Waals surface area contributed by atoms with Crippen LogP contribution in [0.2, 0.25) is 0 Å². The van der Waals surface area contributed by atoms with Crippen LogP contribution in [0.1, 0.15) is 25.0 Å². The quantitative estimate of drug-likeness (QED) is 0.777. The van der Waals surface area contributed by atoms with Gasteiger partial charge in [-0.3, -0.25) is 4.90 Å². The van der Waals surface area contributed by atoms with Gasteiger partial charge in [0.2, 0.25) is 0 Å². The summed E-state index contributed by atoms with van der Waals surface area (Å²) >= 11 is 5.66. The molecule has 1 aromatic rings. The molecular formula is C15H20ClF3N2. The van der Waals surface area contributed by atoms with E-state index in [0.29, 0.717) is 18.7 Å². The third-order valence-electron chi connectivity index (χ3n) is 4.03. The van der Waals surface area contributed by atoms with Gasteiger partial charge in [0.1, 0.15) is 0 Å². The maximum Gasteiger partial charge on any atom is 0.418 e. The first-order chi connectivity index (χ1) is 9.86. The minimum atomic E-state index is -4.36. The van der Waals surface area contributed by atoms with E-state index in [-0.39, 0.29) is 17.6 Å². The van der Waals surface area contributed by atoms with Gasteiger partial charge < -0.3 is 4.90 Å². The maximum atomic E-state index is 13.3. The molecule has 1 aliphatic heterocycles. The summed E-state index contributed by atoms with van der Waals surface area (Å²) in [5, 5.41) is 0. The summed E-state index contributed by atoms with van der Waals surface area (Å²) in [6.45, 7) is 7.05. The minimum absolute atomic E-state index is 0.0867. The molecule has 0 bridgehead atoms. The van der Waals surface area contributed by atoms with Gasteiger partial charge in [0, 0.05) is 37.2 Å².